The summed E-state index contributed by atoms with van der Waals surface area (Å²) in [6.07, 6.45) is 0.229. The number of hydrogen-bond acceptors (Lipinski definition) is 3. The summed E-state index contributed by atoms with van der Waals surface area (Å²) in [7, 11) is 1.80. The maximum absolute atomic E-state index is 13.0. The van der Waals surface area contributed by atoms with Crippen molar-refractivity contribution in [1.82, 2.24) is 10.3 Å². The van der Waals surface area contributed by atoms with Crippen LogP contribution in [0.4, 0.5) is 13.2 Å². The molecule has 0 spiro atoms. The second-order valence-corrected chi connectivity index (χ2v) is 5.76. The van der Waals surface area contributed by atoms with E-state index in [9.17, 15) is 13.2 Å². The minimum absolute atomic E-state index is 0.0651. The predicted octanol–water partition coefficient (Wildman–Crippen LogP) is 3.77. The summed E-state index contributed by atoms with van der Waals surface area (Å²) in [6.45, 7) is 0. The fraction of sp³-hybridized carbons (Fsp3) is 0.615. The van der Waals surface area contributed by atoms with Crippen molar-refractivity contribution in [1.29, 1.82) is 0 Å². The zero-order chi connectivity index (χ0) is 14.8. The number of aromatic nitrogens is 1. The SMILES string of the molecule is CNC1CCCCC1Oc1ncc(Br)cc1C(F)(F)F. The fourth-order valence-electron chi connectivity index (χ4n) is 2.44. The van der Waals surface area contributed by atoms with E-state index in [1.807, 2.05) is 0 Å². The smallest absolute Gasteiger partial charge is 0.421 e. The molecule has 1 N–H and O–H groups in total. The topological polar surface area (TPSA) is 34.1 Å². The highest BCUT2D eigenvalue weighted by Crippen LogP contribution is 2.37. The largest absolute Gasteiger partial charge is 0.472 e. The molecule has 2 atom stereocenters. The molecule has 2 unspecified atom stereocenters. The van der Waals surface area contributed by atoms with Crippen LogP contribution in [0.15, 0.2) is 16.7 Å². The molecular formula is C13H16BrF3N2O. The van der Waals surface area contributed by atoms with Gasteiger partial charge in [0.2, 0.25) is 5.88 Å². The van der Waals surface area contributed by atoms with E-state index in [1.165, 1.54) is 6.20 Å². The number of nitrogens with zero attached hydrogens (tertiary/aromatic N) is 1. The van der Waals surface area contributed by atoms with E-state index in [4.69, 9.17) is 4.74 Å². The number of nitrogens with one attached hydrogen (secondary N) is 1. The lowest BCUT2D eigenvalue weighted by Crippen LogP contribution is -2.43. The summed E-state index contributed by atoms with van der Waals surface area (Å²) >= 11 is 3.01. The molecule has 0 amide bonds. The van der Waals surface area contributed by atoms with E-state index < -0.39 is 11.7 Å². The molecular weight excluding hydrogens is 337 g/mol. The molecule has 112 valence electrons. The van der Waals surface area contributed by atoms with Crippen LogP contribution in [-0.2, 0) is 6.18 Å². The Morgan fingerprint density at radius 2 is 2.05 bits per heavy atom. The summed E-state index contributed by atoms with van der Waals surface area (Å²) in [5, 5.41) is 3.10. The maximum atomic E-state index is 13.0. The molecule has 1 fully saturated rings. The molecule has 1 aromatic rings. The van der Waals surface area contributed by atoms with E-state index >= 15 is 0 Å². The molecule has 1 aliphatic rings. The molecule has 0 aliphatic heterocycles. The van der Waals surface area contributed by atoms with Gasteiger partial charge in [-0.2, -0.15) is 13.2 Å². The summed E-state index contributed by atoms with van der Waals surface area (Å²) in [6, 6.07) is 1.06. The van der Waals surface area contributed by atoms with Gasteiger partial charge in [-0.3, -0.25) is 0 Å². The molecule has 0 bridgehead atoms. The number of pyridine rings is 1. The highest BCUT2D eigenvalue weighted by atomic mass is 79.9. The van der Waals surface area contributed by atoms with Gasteiger partial charge in [-0.25, -0.2) is 4.98 Å². The average molecular weight is 353 g/mol. The number of ether oxygens (including phenoxy) is 1. The third-order valence-electron chi connectivity index (χ3n) is 3.46. The molecule has 0 radical (unpaired) electrons. The average Bonchev–Trinajstić information content (AvgIpc) is 2.40. The first kappa shape index (κ1) is 15.6. The molecule has 3 nitrogen and oxygen atoms in total. The van der Waals surface area contributed by atoms with Crippen LogP contribution < -0.4 is 10.1 Å². The Labute approximate surface area is 124 Å². The molecule has 7 heteroatoms. The van der Waals surface area contributed by atoms with E-state index in [-0.39, 0.29) is 22.5 Å². The molecule has 1 aliphatic carbocycles. The molecule has 1 aromatic heterocycles. The standard InChI is InChI=1S/C13H16BrF3N2O/c1-18-10-4-2-3-5-11(10)20-12-9(13(15,16)17)6-8(14)7-19-12/h6-7,10-11,18H,2-5H2,1H3. The number of halogens is 4. The zero-order valence-corrected chi connectivity index (χ0v) is 12.6. The van der Waals surface area contributed by atoms with Gasteiger partial charge in [-0.1, -0.05) is 6.42 Å². The second-order valence-electron chi connectivity index (χ2n) is 4.84. The number of alkyl halides is 3. The van der Waals surface area contributed by atoms with Crippen molar-refractivity contribution in [3.8, 4) is 5.88 Å². The van der Waals surface area contributed by atoms with Crippen LogP contribution in [-0.4, -0.2) is 24.2 Å². The predicted molar refractivity (Wildman–Crippen MR) is 72.7 cm³/mol. The van der Waals surface area contributed by atoms with E-state index in [1.54, 1.807) is 7.05 Å². The normalized spacial score (nSPS) is 23.6. The Morgan fingerprint density at radius 3 is 2.70 bits per heavy atom. The van der Waals surface area contributed by atoms with Crippen LogP contribution in [0.5, 0.6) is 5.88 Å². The van der Waals surface area contributed by atoms with Crippen LogP contribution in [0, 0.1) is 0 Å². The lowest BCUT2D eigenvalue weighted by Gasteiger charge is -2.31. The zero-order valence-electron chi connectivity index (χ0n) is 11.0. The van der Waals surface area contributed by atoms with Crippen molar-refractivity contribution in [2.45, 2.75) is 44.0 Å². The van der Waals surface area contributed by atoms with Gasteiger partial charge in [0.05, 0.1) is 0 Å². The summed E-state index contributed by atoms with van der Waals surface area (Å²) < 4.78 is 44.9. The summed E-state index contributed by atoms with van der Waals surface area (Å²) in [4.78, 5) is 3.79. The lowest BCUT2D eigenvalue weighted by atomic mass is 9.92. The molecule has 0 aromatic carbocycles. The second kappa shape index (κ2) is 6.30. The Morgan fingerprint density at radius 1 is 1.35 bits per heavy atom. The van der Waals surface area contributed by atoms with Crippen molar-refractivity contribution < 1.29 is 17.9 Å². The van der Waals surface area contributed by atoms with Crippen molar-refractivity contribution in [3.63, 3.8) is 0 Å². The minimum Gasteiger partial charge on any atom is -0.472 e. The third-order valence-corrected chi connectivity index (χ3v) is 3.89. The fourth-order valence-corrected chi connectivity index (χ4v) is 2.77. The third kappa shape index (κ3) is 3.63. The Balaban J connectivity index is 2.24. The quantitative estimate of drug-likeness (QED) is 0.898. The van der Waals surface area contributed by atoms with Crippen LogP contribution in [0.3, 0.4) is 0 Å². The Hall–Kier alpha value is -0.820. The minimum atomic E-state index is -4.48. The lowest BCUT2D eigenvalue weighted by molar-refractivity contribution is -0.140. The van der Waals surface area contributed by atoms with Crippen LogP contribution in [0.25, 0.3) is 0 Å². The Bertz CT molecular complexity index is 467. The monoisotopic (exact) mass is 352 g/mol. The first-order chi connectivity index (χ1) is 9.41. The van der Waals surface area contributed by atoms with Crippen molar-refractivity contribution >= 4 is 15.9 Å². The highest BCUT2D eigenvalue weighted by Gasteiger charge is 2.37. The van der Waals surface area contributed by atoms with Gasteiger partial charge in [-0.05, 0) is 48.3 Å². The van der Waals surface area contributed by atoms with Gasteiger partial charge < -0.3 is 10.1 Å². The van der Waals surface area contributed by atoms with Crippen molar-refractivity contribution in [3.05, 3.63) is 22.3 Å². The maximum Gasteiger partial charge on any atom is 0.421 e. The first-order valence-electron chi connectivity index (χ1n) is 6.48. The van der Waals surface area contributed by atoms with Gasteiger partial charge in [0.25, 0.3) is 0 Å². The van der Waals surface area contributed by atoms with Gasteiger partial charge in [0, 0.05) is 16.7 Å². The van der Waals surface area contributed by atoms with Crippen molar-refractivity contribution in [2.24, 2.45) is 0 Å². The summed E-state index contributed by atoms with van der Waals surface area (Å²) in [5.41, 5.74) is -0.840. The molecule has 1 heterocycles. The highest BCUT2D eigenvalue weighted by molar-refractivity contribution is 9.10. The number of likely N-dealkylation sites (N-methyl/N-ethyl adjacent to an activating group) is 1. The molecule has 0 saturated heterocycles. The van der Waals surface area contributed by atoms with Crippen LogP contribution >= 0.6 is 15.9 Å². The summed E-state index contributed by atoms with van der Waals surface area (Å²) in [5.74, 6) is -0.340. The van der Waals surface area contributed by atoms with E-state index in [0.29, 0.717) is 0 Å². The number of rotatable bonds is 3. The first-order valence-corrected chi connectivity index (χ1v) is 7.28. The van der Waals surface area contributed by atoms with Gasteiger partial charge in [-0.15, -0.1) is 0 Å². The number of hydrogen-bond donors (Lipinski definition) is 1. The molecule has 1 saturated carbocycles. The van der Waals surface area contributed by atoms with Crippen molar-refractivity contribution in [2.75, 3.05) is 7.05 Å². The van der Waals surface area contributed by atoms with E-state index in [0.717, 1.165) is 31.7 Å². The van der Waals surface area contributed by atoms with Gasteiger partial charge in [0.1, 0.15) is 11.7 Å². The van der Waals surface area contributed by atoms with Crippen LogP contribution in [0.2, 0.25) is 0 Å². The van der Waals surface area contributed by atoms with Gasteiger partial charge >= 0.3 is 6.18 Å². The van der Waals surface area contributed by atoms with Crippen LogP contribution in [0.1, 0.15) is 31.2 Å². The molecule has 20 heavy (non-hydrogen) atoms. The van der Waals surface area contributed by atoms with E-state index in [2.05, 4.69) is 26.2 Å². The van der Waals surface area contributed by atoms with Gasteiger partial charge in [0.15, 0.2) is 0 Å². The Kier molecular flexibility index (Phi) is 4.90. The molecule has 2 rings (SSSR count).